The number of azide groups is 2. The minimum absolute atomic E-state index is 0.518. The van der Waals surface area contributed by atoms with E-state index in [1.807, 2.05) is 13.3 Å². The molecule has 0 spiro atoms. The molecular formula is C10H17N8+. The third kappa shape index (κ3) is 4.78. The van der Waals surface area contributed by atoms with Gasteiger partial charge in [0.05, 0.1) is 13.1 Å². The van der Waals surface area contributed by atoms with Crippen molar-refractivity contribution in [1.82, 2.24) is 4.57 Å². The van der Waals surface area contributed by atoms with E-state index in [1.54, 1.807) is 0 Å². The molecule has 0 N–H and O–H groups in total. The molecule has 96 valence electrons. The fourth-order valence-electron chi connectivity index (χ4n) is 1.70. The molecule has 0 radical (unpaired) electrons. The summed E-state index contributed by atoms with van der Waals surface area (Å²) in [6.07, 6.45) is 5.75. The van der Waals surface area contributed by atoms with Gasteiger partial charge in [-0.05, 0) is 23.9 Å². The van der Waals surface area contributed by atoms with Crippen LogP contribution in [0.2, 0.25) is 0 Å². The first-order chi connectivity index (χ1) is 8.77. The first-order valence-electron chi connectivity index (χ1n) is 5.85. The molecule has 18 heavy (non-hydrogen) atoms. The van der Waals surface area contributed by atoms with Crippen LogP contribution in [0.25, 0.3) is 20.9 Å². The Labute approximate surface area is 105 Å². The number of nitrogens with zero attached hydrogens (tertiary/aromatic N) is 8. The van der Waals surface area contributed by atoms with Gasteiger partial charge in [-0.2, -0.15) is 0 Å². The highest BCUT2D eigenvalue weighted by Gasteiger charge is 2.08. The van der Waals surface area contributed by atoms with Crippen molar-refractivity contribution >= 4 is 0 Å². The largest absolute Gasteiger partial charge is 0.243 e. The summed E-state index contributed by atoms with van der Waals surface area (Å²) in [6, 6.07) is 0. The number of hydrogen-bond donors (Lipinski definition) is 0. The van der Waals surface area contributed by atoms with E-state index in [2.05, 4.69) is 35.4 Å². The summed E-state index contributed by atoms with van der Waals surface area (Å²) in [4.78, 5) is 5.44. The lowest BCUT2D eigenvalue weighted by Crippen LogP contribution is -2.31. The molecule has 0 bridgehead atoms. The molecule has 0 aromatic carbocycles. The topological polar surface area (TPSA) is 106 Å². The lowest BCUT2D eigenvalue weighted by Gasteiger charge is -1.95. The van der Waals surface area contributed by atoms with Gasteiger partial charge in [-0.25, -0.2) is 9.13 Å². The number of aromatic nitrogens is 2. The van der Waals surface area contributed by atoms with Crippen molar-refractivity contribution in [2.45, 2.75) is 32.9 Å². The number of aryl methyl sites for hydroxylation is 3. The molecule has 0 fully saturated rings. The molecule has 0 saturated carbocycles. The molecule has 1 rings (SSSR count). The van der Waals surface area contributed by atoms with Crippen LogP contribution in [-0.2, 0) is 13.1 Å². The molecule has 0 amide bonds. The van der Waals surface area contributed by atoms with E-state index >= 15 is 0 Å². The summed E-state index contributed by atoms with van der Waals surface area (Å²) in [5.74, 6) is 0. The maximum absolute atomic E-state index is 8.18. The van der Waals surface area contributed by atoms with Gasteiger partial charge in [0.1, 0.15) is 11.9 Å². The van der Waals surface area contributed by atoms with Crippen molar-refractivity contribution in [2.24, 2.45) is 10.2 Å². The summed E-state index contributed by atoms with van der Waals surface area (Å²) < 4.78 is 4.20. The summed E-state index contributed by atoms with van der Waals surface area (Å²) in [5, 5.41) is 7.01. The molecule has 8 heteroatoms. The van der Waals surface area contributed by atoms with Crippen LogP contribution >= 0.6 is 0 Å². The highest BCUT2D eigenvalue weighted by Crippen LogP contribution is 1.98. The maximum atomic E-state index is 8.18. The molecule has 0 aliphatic carbocycles. The van der Waals surface area contributed by atoms with Crippen LogP contribution in [-0.4, -0.2) is 17.7 Å². The van der Waals surface area contributed by atoms with Crippen LogP contribution in [0.1, 0.15) is 18.5 Å². The standard InChI is InChI=1S/C10H17N8/c1-10-8-17(6-2-4-13-15-11)9-18(10)7-3-5-14-16-12/h8-9H,2-7H2,1H3/q+1. The van der Waals surface area contributed by atoms with Crippen LogP contribution in [0.5, 0.6) is 0 Å². The minimum atomic E-state index is 0.518. The third-order valence-electron chi connectivity index (χ3n) is 2.55. The fraction of sp³-hybridized carbons (Fsp3) is 0.700. The Morgan fingerprint density at radius 3 is 2.56 bits per heavy atom. The Morgan fingerprint density at radius 1 is 1.22 bits per heavy atom. The second-order valence-corrected chi connectivity index (χ2v) is 3.93. The summed E-state index contributed by atoms with van der Waals surface area (Å²) >= 11 is 0. The van der Waals surface area contributed by atoms with Gasteiger partial charge in [0, 0.05) is 29.8 Å². The number of rotatable bonds is 8. The smallest absolute Gasteiger partial charge is 0.237 e. The SMILES string of the molecule is Cc1c[n+](CCCN=[N+]=[N-])cn1CCCN=[N+]=[N-]. The van der Waals surface area contributed by atoms with Crippen LogP contribution < -0.4 is 4.57 Å². The first kappa shape index (κ1) is 13.9. The van der Waals surface area contributed by atoms with E-state index in [1.165, 1.54) is 5.69 Å². The first-order valence-corrected chi connectivity index (χ1v) is 5.85. The fourth-order valence-corrected chi connectivity index (χ4v) is 1.70. The summed E-state index contributed by atoms with van der Waals surface area (Å²) in [5.41, 5.74) is 17.5. The highest BCUT2D eigenvalue weighted by molar-refractivity contribution is 4.88. The monoisotopic (exact) mass is 249 g/mol. The normalized spacial score (nSPS) is 9.61. The van der Waals surface area contributed by atoms with Crippen molar-refractivity contribution in [3.8, 4) is 0 Å². The molecule has 1 heterocycles. The molecular weight excluding hydrogens is 232 g/mol. The Hall–Kier alpha value is -2.17. The third-order valence-corrected chi connectivity index (χ3v) is 2.55. The Morgan fingerprint density at radius 2 is 1.89 bits per heavy atom. The lowest BCUT2D eigenvalue weighted by molar-refractivity contribution is -0.696. The van der Waals surface area contributed by atoms with Crippen molar-refractivity contribution < 1.29 is 4.57 Å². The van der Waals surface area contributed by atoms with Crippen LogP contribution in [0.4, 0.5) is 0 Å². The Bertz CT molecular complexity index is 464. The van der Waals surface area contributed by atoms with Crippen molar-refractivity contribution in [1.29, 1.82) is 0 Å². The molecule has 8 nitrogen and oxygen atoms in total. The van der Waals surface area contributed by atoms with Crippen molar-refractivity contribution in [2.75, 3.05) is 13.1 Å². The highest BCUT2D eigenvalue weighted by atomic mass is 15.2. The van der Waals surface area contributed by atoms with Gasteiger partial charge in [0.15, 0.2) is 0 Å². The molecule has 0 unspecified atom stereocenters. The van der Waals surface area contributed by atoms with Crippen LogP contribution in [0, 0.1) is 6.92 Å². The van der Waals surface area contributed by atoms with E-state index in [0.717, 1.165) is 25.9 Å². The molecule has 1 aromatic heterocycles. The van der Waals surface area contributed by atoms with Gasteiger partial charge in [0.2, 0.25) is 6.33 Å². The van der Waals surface area contributed by atoms with Crippen molar-refractivity contribution in [3.05, 3.63) is 39.1 Å². The molecule has 0 atom stereocenters. The molecule has 1 aromatic rings. The van der Waals surface area contributed by atoms with Crippen LogP contribution in [0.15, 0.2) is 22.8 Å². The Balaban J connectivity index is 2.42. The molecule has 0 aliphatic heterocycles. The van der Waals surface area contributed by atoms with E-state index in [9.17, 15) is 0 Å². The quantitative estimate of drug-likeness (QED) is 0.222. The number of imidazole rings is 1. The van der Waals surface area contributed by atoms with Gasteiger partial charge in [-0.1, -0.05) is 10.2 Å². The van der Waals surface area contributed by atoms with E-state index in [-0.39, 0.29) is 0 Å². The molecule has 0 saturated heterocycles. The summed E-state index contributed by atoms with van der Waals surface area (Å²) in [7, 11) is 0. The zero-order valence-electron chi connectivity index (χ0n) is 10.5. The average molecular weight is 249 g/mol. The predicted octanol–water partition coefficient (Wildman–Crippen LogP) is 2.48. The predicted molar refractivity (Wildman–Crippen MR) is 66.6 cm³/mol. The van der Waals surface area contributed by atoms with Gasteiger partial charge in [-0.15, -0.1) is 0 Å². The van der Waals surface area contributed by atoms with Crippen molar-refractivity contribution in [3.63, 3.8) is 0 Å². The zero-order chi connectivity index (χ0) is 13.2. The zero-order valence-corrected chi connectivity index (χ0v) is 10.5. The van der Waals surface area contributed by atoms with E-state index in [0.29, 0.717) is 13.1 Å². The molecule has 0 aliphatic rings. The van der Waals surface area contributed by atoms with Gasteiger partial charge in [-0.3, -0.25) is 0 Å². The number of hydrogen-bond acceptors (Lipinski definition) is 2. The average Bonchev–Trinajstić information content (AvgIpc) is 2.71. The van der Waals surface area contributed by atoms with E-state index < -0.39 is 0 Å². The maximum Gasteiger partial charge on any atom is 0.243 e. The Kier molecular flexibility index (Phi) is 6.17. The van der Waals surface area contributed by atoms with Gasteiger partial charge >= 0.3 is 0 Å². The van der Waals surface area contributed by atoms with Gasteiger partial charge in [0.25, 0.3) is 0 Å². The lowest BCUT2D eigenvalue weighted by atomic mass is 10.4. The second-order valence-electron chi connectivity index (χ2n) is 3.93. The van der Waals surface area contributed by atoms with Gasteiger partial charge < -0.3 is 0 Å². The summed E-state index contributed by atoms with van der Waals surface area (Å²) in [6.45, 7) is 4.75. The van der Waals surface area contributed by atoms with Crippen LogP contribution in [0.3, 0.4) is 0 Å². The minimum Gasteiger partial charge on any atom is -0.237 e. The van der Waals surface area contributed by atoms with E-state index in [4.69, 9.17) is 11.1 Å². The second kappa shape index (κ2) is 8.00.